The zero-order valence-corrected chi connectivity index (χ0v) is 27.0. The molecule has 1 aliphatic heterocycles. The van der Waals surface area contributed by atoms with E-state index in [0.717, 1.165) is 47.2 Å². The highest BCUT2D eigenvalue weighted by Crippen LogP contribution is 2.34. The molecule has 0 N–H and O–H groups in total. The molecule has 2 aromatic heterocycles. The quantitative estimate of drug-likeness (QED) is 0.264. The number of aryl methyl sites for hydroxylation is 1. The Balaban J connectivity index is 2.01. The summed E-state index contributed by atoms with van der Waals surface area (Å²) in [4.78, 5) is 57.7. The standard InChI is InChI=1S/C32H43N3O7S/c1-8-21(9-2)42-24(22-15-11-12-16-23(22)40-7)19-34-28-25(20(4)26(43-28)29(37)41-10-3)27(36)35(31(34)39)32(5,6)30(38)33-17-13-14-18-33/h11-12,15-16,21,24H,8-10,13-14,17-19H2,1-7H3/t24-/m0/s1. The van der Waals surface area contributed by atoms with Crippen LogP contribution in [0.5, 0.6) is 5.75 Å². The number of methoxy groups -OCH3 is 1. The fourth-order valence-electron chi connectivity index (χ4n) is 5.82. The number of rotatable bonds is 12. The fraction of sp³-hybridized carbons (Fsp3) is 0.562. The number of ether oxygens (including phenoxy) is 3. The lowest BCUT2D eigenvalue weighted by Crippen LogP contribution is -2.56. The summed E-state index contributed by atoms with van der Waals surface area (Å²) in [5, 5.41) is 0.219. The first-order valence-corrected chi connectivity index (χ1v) is 15.9. The van der Waals surface area contributed by atoms with E-state index < -0.39 is 28.9 Å². The first-order valence-electron chi connectivity index (χ1n) is 15.1. The van der Waals surface area contributed by atoms with Gasteiger partial charge in [-0.2, -0.15) is 0 Å². The molecule has 43 heavy (non-hydrogen) atoms. The molecule has 234 valence electrons. The predicted octanol–water partition coefficient (Wildman–Crippen LogP) is 5.02. The van der Waals surface area contributed by atoms with Crippen LogP contribution in [0.4, 0.5) is 0 Å². The van der Waals surface area contributed by atoms with Crippen molar-refractivity contribution in [3.63, 3.8) is 0 Å². The van der Waals surface area contributed by atoms with Crippen molar-refractivity contribution < 1.29 is 23.8 Å². The summed E-state index contributed by atoms with van der Waals surface area (Å²) in [6, 6.07) is 7.48. The van der Waals surface area contributed by atoms with Gasteiger partial charge in [0.05, 0.1) is 31.8 Å². The zero-order valence-electron chi connectivity index (χ0n) is 26.2. The van der Waals surface area contributed by atoms with Crippen LogP contribution in [0, 0.1) is 6.92 Å². The second-order valence-electron chi connectivity index (χ2n) is 11.4. The number of hydrogen-bond donors (Lipinski definition) is 0. The molecule has 3 heterocycles. The van der Waals surface area contributed by atoms with Gasteiger partial charge < -0.3 is 19.1 Å². The number of aromatic nitrogens is 2. The maximum Gasteiger partial charge on any atom is 0.348 e. The number of nitrogens with zero attached hydrogens (tertiary/aromatic N) is 3. The second kappa shape index (κ2) is 13.5. The van der Waals surface area contributed by atoms with Gasteiger partial charge in [-0.15, -0.1) is 11.3 Å². The summed E-state index contributed by atoms with van der Waals surface area (Å²) in [6.07, 6.45) is 2.54. The number of amides is 1. The third-order valence-electron chi connectivity index (χ3n) is 8.25. The number of esters is 1. The highest BCUT2D eigenvalue weighted by molar-refractivity contribution is 7.20. The Bertz CT molecular complexity index is 1590. The second-order valence-corrected chi connectivity index (χ2v) is 12.4. The molecular formula is C32H43N3O7S. The number of hydrogen-bond acceptors (Lipinski definition) is 8. The minimum absolute atomic E-state index is 0.0304. The number of likely N-dealkylation sites (tertiary alicyclic amines) is 1. The van der Waals surface area contributed by atoms with Gasteiger partial charge in [-0.3, -0.25) is 14.2 Å². The molecule has 0 bridgehead atoms. The maximum atomic E-state index is 14.5. The van der Waals surface area contributed by atoms with Crippen LogP contribution in [0.3, 0.4) is 0 Å². The van der Waals surface area contributed by atoms with Gasteiger partial charge >= 0.3 is 11.7 Å². The van der Waals surface area contributed by atoms with Gasteiger partial charge in [0.2, 0.25) is 5.91 Å². The molecule has 0 saturated carbocycles. The van der Waals surface area contributed by atoms with Crippen LogP contribution in [-0.4, -0.2) is 58.8 Å². The Hall–Kier alpha value is -3.44. The van der Waals surface area contributed by atoms with Crippen molar-refractivity contribution >= 4 is 33.4 Å². The summed E-state index contributed by atoms with van der Waals surface area (Å²) in [5.41, 5.74) is -1.54. The van der Waals surface area contributed by atoms with Gasteiger partial charge in [0.25, 0.3) is 5.56 Å². The predicted molar refractivity (Wildman–Crippen MR) is 167 cm³/mol. The van der Waals surface area contributed by atoms with Gasteiger partial charge in [0.15, 0.2) is 0 Å². The van der Waals surface area contributed by atoms with E-state index in [1.807, 2.05) is 38.1 Å². The van der Waals surface area contributed by atoms with Gasteiger partial charge in [-0.25, -0.2) is 14.2 Å². The van der Waals surface area contributed by atoms with E-state index in [0.29, 0.717) is 29.2 Å². The SMILES string of the molecule is CCOC(=O)c1sc2c(c1C)c(=O)n(C(C)(C)C(=O)N1CCCC1)c(=O)n2C[C@H](OC(CC)CC)c1ccccc1OC. The summed E-state index contributed by atoms with van der Waals surface area (Å²) in [5.74, 6) is -0.244. The normalized spacial score (nSPS) is 14.5. The molecule has 0 radical (unpaired) electrons. The average Bonchev–Trinajstić information content (AvgIpc) is 3.65. The van der Waals surface area contributed by atoms with E-state index in [-0.39, 0.29) is 35.4 Å². The number of carbonyl (C=O) groups is 2. The van der Waals surface area contributed by atoms with Crippen LogP contribution in [0.25, 0.3) is 10.2 Å². The van der Waals surface area contributed by atoms with Gasteiger partial charge in [0, 0.05) is 18.7 Å². The van der Waals surface area contributed by atoms with Crippen molar-refractivity contribution in [1.29, 1.82) is 0 Å². The largest absolute Gasteiger partial charge is 0.496 e. The Labute approximate surface area is 256 Å². The zero-order chi connectivity index (χ0) is 31.5. The van der Waals surface area contributed by atoms with E-state index in [1.54, 1.807) is 39.7 Å². The Morgan fingerprint density at radius 3 is 2.30 bits per heavy atom. The molecule has 10 nitrogen and oxygen atoms in total. The molecule has 1 aromatic carbocycles. The Kier molecular flexibility index (Phi) is 10.2. The number of para-hydroxylation sites is 1. The third kappa shape index (κ3) is 6.15. The molecule has 0 unspecified atom stereocenters. The van der Waals surface area contributed by atoms with Crippen LogP contribution in [0.1, 0.15) is 87.2 Å². The molecule has 11 heteroatoms. The summed E-state index contributed by atoms with van der Waals surface area (Å²) < 4.78 is 20.1. The van der Waals surface area contributed by atoms with Crippen molar-refractivity contribution in [3.8, 4) is 5.75 Å². The van der Waals surface area contributed by atoms with Crippen molar-refractivity contribution in [2.75, 3.05) is 26.8 Å². The van der Waals surface area contributed by atoms with E-state index in [4.69, 9.17) is 14.2 Å². The third-order valence-corrected chi connectivity index (χ3v) is 9.55. The highest BCUT2D eigenvalue weighted by atomic mass is 32.1. The lowest BCUT2D eigenvalue weighted by atomic mass is 10.0. The number of thiophene rings is 1. The molecule has 1 amide bonds. The maximum absolute atomic E-state index is 14.5. The van der Waals surface area contributed by atoms with Crippen LogP contribution in [0.2, 0.25) is 0 Å². The van der Waals surface area contributed by atoms with Crippen molar-refractivity contribution in [1.82, 2.24) is 14.0 Å². The molecule has 1 saturated heterocycles. The minimum atomic E-state index is -1.47. The van der Waals surface area contributed by atoms with Crippen LogP contribution in [-0.2, 0) is 26.4 Å². The average molecular weight is 614 g/mol. The molecule has 0 aliphatic carbocycles. The molecule has 1 atom stereocenters. The highest BCUT2D eigenvalue weighted by Gasteiger charge is 2.39. The lowest BCUT2D eigenvalue weighted by molar-refractivity contribution is -0.138. The monoisotopic (exact) mass is 613 g/mol. The van der Waals surface area contributed by atoms with Crippen LogP contribution in [0.15, 0.2) is 33.9 Å². The Morgan fingerprint density at radius 1 is 1.05 bits per heavy atom. The summed E-state index contributed by atoms with van der Waals surface area (Å²) in [7, 11) is 1.58. The smallest absolute Gasteiger partial charge is 0.348 e. The van der Waals surface area contributed by atoms with Crippen molar-refractivity contribution in [2.24, 2.45) is 0 Å². The topological polar surface area (TPSA) is 109 Å². The number of carbonyl (C=O) groups excluding carboxylic acids is 2. The van der Waals surface area contributed by atoms with E-state index in [9.17, 15) is 19.2 Å². The van der Waals surface area contributed by atoms with Crippen molar-refractivity contribution in [2.45, 2.75) is 91.5 Å². The molecule has 1 fully saturated rings. The van der Waals surface area contributed by atoms with E-state index in [1.165, 1.54) is 4.57 Å². The first-order chi connectivity index (χ1) is 20.5. The Morgan fingerprint density at radius 2 is 1.70 bits per heavy atom. The summed E-state index contributed by atoms with van der Waals surface area (Å²) in [6.45, 7) is 12.1. The fourth-order valence-corrected chi connectivity index (χ4v) is 7.02. The molecular weight excluding hydrogens is 570 g/mol. The van der Waals surface area contributed by atoms with Crippen LogP contribution < -0.4 is 16.0 Å². The van der Waals surface area contributed by atoms with Gasteiger partial charge in [-0.05, 0) is 65.0 Å². The number of fused-ring (bicyclic) bond motifs is 1. The molecule has 1 aliphatic rings. The van der Waals surface area contributed by atoms with Crippen molar-refractivity contribution in [3.05, 3.63) is 61.1 Å². The molecule has 4 rings (SSSR count). The molecule has 3 aromatic rings. The summed E-state index contributed by atoms with van der Waals surface area (Å²) >= 11 is 1.05. The van der Waals surface area contributed by atoms with Gasteiger partial charge in [-0.1, -0.05) is 32.0 Å². The van der Waals surface area contributed by atoms with E-state index in [2.05, 4.69) is 0 Å². The van der Waals surface area contributed by atoms with Gasteiger partial charge in [0.1, 0.15) is 27.1 Å². The first kappa shape index (κ1) is 32.5. The number of benzene rings is 1. The minimum Gasteiger partial charge on any atom is -0.496 e. The van der Waals surface area contributed by atoms with E-state index >= 15 is 0 Å². The van der Waals surface area contributed by atoms with Crippen LogP contribution >= 0.6 is 11.3 Å². The lowest BCUT2D eigenvalue weighted by Gasteiger charge is -2.31. The molecule has 0 spiro atoms.